The summed E-state index contributed by atoms with van der Waals surface area (Å²) >= 11 is 10.8. The first-order valence-electron chi connectivity index (χ1n) is 6.35. The molecule has 0 aliphatic rings. The standard InChI is InChI=1S/C15H12ClN3O3S/c16-11-4-5-13(20)10(6-11)8-17-19-15(23)18-12-3-1-2-9(7-12)14(21)22/h1-8,20H,(H,21,22)(H2,18,19,23)/p-1/b17-8+. The minimum atomic E-state index is -1.03. The predicted molar refractivity (Wildman–Crippen MR) is 91.2 cm³/mol. The molecule has 2 aromatic carbocycles. The van der Waals surface area contributed by atoms with Gasteiger partial charge in [-0.1, -0.05) is 29.5 Å². The van der Waals surface area contributed by atoms with Crippen LogP contribution in [0.1, 0.15) is 15.9 Å². The van der Waals surface area contributed by atoms with Crippen molar-refractivity contribution in [3.63, 3.8) is 0 Å². The number of aromatic carboxylic acids is 1. The largest absolute Gasteiger partial charge is 0.872 e. The van der Waals surface area contributed by atoms with Crippen molar-refractivity contribution >= 4 is 46.8 Å². The van der Waals surface area contributed by atoms with Gasteiger partial charge in [0.05, 0.1) is 11.8 Å². The molecule has 0 heterocycles. The molecule has 8 heteroatoms. The van der Waals surface area contributed by atoms with Gasteiger partial charge in [0.15, 0.2) is 5.11 Å². The summed E-state index contributed by atoms with van der Waals surface area (Å²) in [7, 11) is 0. The fourth-order valence-corrected chi connectivity index (χ4v) is 2.02. The number of nitrogens with one attached hydrogen (secondary N) is 2. The van der Waals surface area contributed by atoms with Gasteiger partial charge in [-0.15, -0.1) is 0 Å². The number of carbonyl (C=O) groups is 1. The molecule has 0 unspecified atom stereocenters. The molecular weight excluding hydrogens is 338 g/mol. The van der Waals surface area contributed by atoms with Crippen LogP contribution in [-0.2, 0) is 0 Å². The Kier molecular flexibility index (Phi) is 5.51. The van der Waals surface area contributed by atoms with Crippen molar-refractivity contribution in [2.75, 3.05) is 5.32 Å². The highest BCUT2D eigenvalue weighted by molar-refractivity contribution is 7.80. The zero-order valence-corrected chi connectivity index (χ0v) is 13.2. The van der Waals surface area contributed by atoms with Crippen molar-refractivity contribution in [2.45, 2.75) is 0 Å². The average Bonchev–Trinajstić information content (AvgIpc) is 2.51. The summed E-state index contributed by atoms with van der Waals surface area (Å²) in [4.78, 5) is 10.9. The zero-order valence-electron chi connectivity index (χ0n) is 11.6. The second kappa shape index (κ2) is 7.57. The number of thiocarbonyl (C=S) groups is 1. The lowest BCUT2D eigenvalue weighted by Crippen LogP contribution is -2.24. The normalized spacial score (nSPS) is 10.5. The molecule has 118 valence electrons. The van der Waals surface area contributed by atoms with Gasteiger partial charge in [0.25, 0.3) is 0 Å². The number of hydrazone groups is 1. The number of hydrogen-bond donors (Lipinski definition) is 3. The lowest BCUT2D eigenvalue weighted by molar-refractivity contribution is -0.268. The molecule has 2 rings (SSSR count). The van der Waals surface area contributed by atoms with Crippen LogP contribution in [0.2, 0.25) is 5.02 Å². The Labute approximate surface area is 142 Å². The molecule has 0 aliphatic carbocycles. The van der Waals surface area contributed by atoms with E-state index in [1.165, 1.54) is 36.5 Å². The van der Waals surface area contributed by atoms with Gasteiger partial charge in [-0.25, -0.2) is 4.79 Å². The molecule has 0 radical (unpaired) electrons. The molecule has 23 heavy (non-hydrogen) atoms. The summed E-state index contributed by atoms with van der Waals surface area (Å²) in [5.41, 5.74) is 3.50. The van der Waals surface area contributed by atoms with Crippen molar-refractivity contribution in [3.8, 4) is 5.75 Å². The first kappa shape index (κ1) is 16.7. The van der Waals surface area contributed by atoms with E-state index in [1.54, 1.807) is 12.1 Å². The van der Waals surface area contributed by atoms with Crippen molar-refractivity contribution in [1.82, 2.24) is 5.43 Å². The van der Waals surface area contributed by atoms with Crippen LogP contribution < -0.4 is 15.8 Å². The van der Waals surface area contributed by atoms with Gasteiger partial charge in [-0.05, 0) is 48.1 Å². The van der Waals surface area contributed by atoms with Crippen LogP contribution in [0.5, 0.6) is 5.75 Å². The van der Waals surface area contributed by atoms with Gasteiger partial charge in [-0.2, -0.15) is 5.10 Å². The predicted octanol–water partition coefficient (Wildman–Crippen LogP) is 2.43. The van der Waals surface area contributed by atoms with E-state index in [0.717, 1.165) is 0 Å². The van der Waals surface area contributed by atoms with E-state index in [1.807, 2.05) is 0 Å². The van der Waals surface area contributed by atoms with Gasteiger partial charge < -0.3 is 15.5 Å². The quantitative estimate of drug-likeness (QED) is 0.446. The second-order valence-corrected chi connectivity index (χ2v) is 5.24. The summed E-state index contributed by atoms with van der Waals surface area (Å²) in [6.07, 6.45) is 1.30. The first-order chi connectivity index (χ1) is 11.0. The molecule has 3 N–H and O–H groups in total. The number of halogens is 1. The molecule has 0 saturated heterocycles. The van der Waals surface area contributed by atoms with Gasteiger partial charge in [-0.3, -0.25) is 5.43 Å². The minimum absolute atomic E-state index is 0.135. The monoisotopic (exact) mass is 348 g/mol. The van der Waals surface area contributed by atoms with Gasteiger partial charge in [0.1, 0.15) is 0 Å². The number of carboxylic acids is 1. The Morgan fingerprint density at radius 1 is 1.30 bits per heavy atom. The van der Waals surface area contributed by atoms with E-state index in [9.17, 15) is 9.90 Å². The molecule has 0 fully saturated rings. The summed E-state index contributed by atoms with van der Waals surface area (Å²) in [6.45, 7) is 0. The zero-order chi connectivity index (χ0) is 16.8. The molecule has 0 saturated carbocycles. The molecule has 0 spiro atoms. The Morgan fingerprint density at radius 3 is 2.83 bits per heavy atom. The smallest absolute Gasteiger partial charge is 0.335 e. The number of benzene rings is 2. The molecule has 6 nitrogen and oxygen atoms in total. The Morgan fingerprint density at radius 2 is 2.09 bits per heavy atom. The summed E-state index contributed by atoms with van der Waals surface area (Å²) in [5, 5.41) is 27.7. The highest BCUT2D eigenvalue weighted by Crippen LogP contribution is 2.17. The van der Waals surface area contributed by atoms with Crippen LogP contribution >= 0.6 is 23.8 Å². The van der Waals surface area contributed by atoms with Gasteiger partial charge >= 0.3 is 5.97 Å². The molecule has 0 aromatic heterocycles. The fraction of sp³-hybridized carbons (Fsp3) is 0. The van der Waals surface area contributed by atoms with E-state index in [0.29, 0.717) is 16.3 Å². The summed E-state index contributed by atoms with van der Waals surface area (Å²) in [6, 6.07) is 10.5. The third-order valence-corrected chi connectivity index (χ3v) is 3.14. The Hall–Kier alpha value is -2.64. The molecule has 0 bridgehead atoms. The van der Waals surface area contributed by atoms with E-state index < -0.39 is 5.97 Å². The highest BCUT2D eigenvalue weighted by Gasteiger charge is 2.03. The molecule has 0 aliphatic heterocycles. The van der Waals surface area contributed by atoms with Crippen molar-refractivity contribution in [2.24, 2.45) is 5.10 Å². The Bertz CT molecular complexity index is 780. The Balaban J connectivity index is 1.97. The van der Waals surface area contributed by atoms with Crippen LogP contribution in [0.4, 0.5) is 5.69 Å². The maximum absolute atomic E-state index is 11.6. The summed E-state index contributed by atoms with van der Waals surface area (Å²) in [5.74, 6) is -1.25. The number of carboxylic acid groups (broad SMARTS) is 1. The minimum Gasteiger partial charge on any atom is -0.872 e. The molecule has 2 aromatic rings. The van der Waals surface area contributed by atoms with Crippen molar-refractivity contribution in [1.29, 1.82) is 0 Å². The van der Waals surface area contributed by atoms with Crippen molar-refractivity contribution < 1.29 is 15.0 Å². The van der Waals surface area contributed by atoms with Crippen LogP contribution in [0.3, 0.4) is 0 Å². The second-order valence-electron chi connectivity index (χ2n) is 4.39. The lowest BCUT2D eigenvalue weighted by atomic mass is 10.2. The van der Waals surface area contributed by atoms with E-state index in [2.05, 4.69) is 15.8 Å². The van der Waals surface area contributed by atoms with Crippen LogP contribution in [0, 0.1) is 0 Å². The number of hydrogen-bond acceptors (Lipinski definition) is 4. The van der Waals surface area contributed by atoms with E-state index >= 15 is 0 Å². The van der Waals surface area contributed by atoms with Gasteiger partial charge in [0.2, 0.25) is 0 Å². The third kappa shape index (κ3) is 4.94. The maximum atomic E-state index is 11.6. The maximum Gasteiger partial charge on any atom is 0.335 e. The number of anilines is 1. The van der Waals surface area contributed by atoms with Crippen LogP contribution in [0.25, 0.3) is 0 Å². The van der Waals surface area contributed by atoms with E-state index in [4.69, 9.17) is 28.9 Å². The van der Waals surface area contributed by atoms with Gasteiger partial charge in [0, 0.05) is 10.7 Å². The molecular formula is C15H11ClN3O3S-. The van der Waals surface area contributed by atoms with Crippen molar-refractivity contribution in [3.05, 3.63) is 58.6 Å². The first-order valence-corrected chi connectivity index (χ1v) is 7.14. The highest BCUT2D eigenvalue weighted by atomic mass is 35.5. The number of nitrogens with zero attached hydrogens (tertiary/aromatic N) is 1. The third-order valence-electron chi connectivity index (χ3n) is 2.71. The summed E-state index contributed by atoms with van der Waals surface area (Å²) < 4.78 is 0. The SMILES string of the molecule is O=C(O)c1cccc(NC(=S)N/N=C/c2cc(Cl)ccc2[O-])c1. The molecule has 0 atom stereocenters. The van der Waals surface area contributed by atoms with Crippen LogP contribution in [-0.4, -0.2) is 22.4 Å². The number of rotatable bonds is 4. The topological polar surface area (TPSA) is 96.8 Å². The van der Waals surface area contributed by atoms with Crippen LogP contribution in [0.15, 0.2) is 47.6 Å². The average molecular weight is 349 g/mol. The molecule has 0 amide bonds. The lowest BCUT2D eigenvalue weighted by Gasteiger charge is -2.10. The van der Waals surface area contributed by atoms with E-state index in [-0.39, 0.29) is 16.4 Å². The fourth-order valence-electron chi connectivity index (χ4n) is 1.67.